The van der Waals surface area contributed by atoms with E-state index < -0.39 is 0 Å². The molecule has 3 rings (SSSR count). The monoisotopic (exact) mass is 516 g/mol. The van der Waals surface area contributed by atoms with E-state index in [9.17, 15) is 9.59 Å². The summed E-state index contributed by atoms with van der Waals surface area (Å²) in [5.74, 6) is 0.846. The van der Waals surface area contributed by atoms with E-state index in [-0.39, 0.29) is 6.09 Å². The van der Waals surface area contributed by atoms with Crippen molar-refractivity contribution in [2.75, 3.05) is 53.0 Å². The van der Waals surface area contributed by atoms with Crippen LogP contribution in [0.5, 0.6) is 5.75 Å². The molecule has 1 fully saturated rings. The lowest BCUT2D eigenvalue weighted by Crippen LogP contribution is -2.50. The van der Waals surface area contributed by atoms with Crippen LogP contribution < -0.4 is 10.1 Å². The van der Waals surface area contributed by atoms with Crippen LogP contribution >= 0.6 is 12.2 Å². The van der Waals surface area contributed by atoms with Crippen LogP contribution in [-0.4, -0.2) is 85.2 Å². The zero-order valence-corrected chi connectivity index (χ0v) is 22.7. The number of ether oxygens (including phenoxy) is 2. The number of fused-ring (bicyclic) bond motifs is 1. The van der Waals surface area contributed by atoms with Gasteiger partial charge in [-0.25, -0.2) is 4.79 Å². The molecule has 0 unspecified atom stereocenters. The van der Waals surface area contributed by atoms with E-state index in [0.717, 1.165) is 72.1 Å². The third-order valence-electron chi connectivity index (χ3n) is 6.72. The van der Waals surface area contributed by atoms with Gasteiger partial charge >= 0.3 is 6.09 Å². The number of amides is 1. The third-order valence-corrected chi connectivity index (χ3v) is 7.08. The maximum atomic E-state index is 12.5. The van der Waals surface area contributed by atoms with Gasteiger partial charge in [0.2, 0.25) is 0 Å². The van der Waals surface area contributed by atoms with Gasteiger partial charge in [-0.15, -0.1) is 0 Å². The van der Waals surface area contributed by atoms with Crippen LogP contribution in [0.15, 0.2) is 23.9 Å². The van der Waals surface area contributed by atoms with Crippen LogP contribution in [0.3, 0.4) is 0 Å². The zero-order chi connectivity index (χ0) is 25.9. The average molecular weight is 517 g/mol. The molecule has 0 atom stereocenters. The fourth-order valence-corrected chi connectivity index (χ4v) is 4.82. The number of thiocarbonyl (C=S) groups is 1. The Bertz CT molecular complexity index is 944. The Kier molecular flexibility index (Phi) is 11.0. The first-order valence-electron chi connectivity index (χ1n) is 13.0. The predicted molar refractivity (Wildman–Crippen MR) is 145 cm³/mol. The van der Waals surface area contributed by atoms with Crippen LogP contribution in [0.1, 0.15) is 49.8 Å². The number of piperazine rings is 1. The van der Waals surface area contributed by atoms with Gasteiger partial charge in [-0.2, -0.15) is 0 Å². The topological polar surface area (TPSA) is 74.3 Å². The highest BCUT2D eigenvalue weighted by atomic mass is 32.1. The molecule has 8 nitrogen and oxygen atoms in total. The van der Waals surface area contributed by atoms with Gasteiger partial charge in [0.05, 0.1) is 13.2 Å². The van der Waals surface area contributed by atoms with Crippen LogP contribution in [0.25, 0.3) is 0 Å². The van der Waals surface area contributed by atoms with Gasteiger partial charge in [-0.3, -0.25) is 0 Å². The summed E-state index contributed by atoms with van der Waals surface area (Å²) in [6, 6.07) is 4.03. The number of rotatable bonds is 10. The van der Waals surface area contributed by atoms with Crippen molar-refractivity contribution in [1.82, 2.24) is 20.0 Å². The molecule has 0 radical (unpaired) electrons. The summed E-state index contributed by atoms with van der Waals surface area (Å²) in [7, 11) is 2.13. The van der Waals surface area contributed by atoms with Crippen LogP contribution in [0.4, 0.5) is 4.79 Å². The molecule has 9 heteroatoms. The molecule has 1 aromatic rings. The summed E-state index contributed by atoms with van der Waals surface area (Å²) in [6.45, 7) is 9.87. The molecule has 198 valence electrons. The molecule has 0 aliphatic carbocycles. The van der Waals surface area contributed by atoms with Crippen molar-refractivity contribution in [3.8, 4) is 5.75 Å². The van der Waals surface area contributed by atoms with Gasteiger partial charge in [0.1, 0.15) is 12.0 Å². The second-order valence-electron chi connectivity index (χ2n) is 9.30. The summed E-state index contributed by atoms with van der Waals surface area (Å²) in [4.78, 5) is 29.7. The van der Waals surface area contributed by atoms with Crippen molar-refractivity contribution >= 4 is 29.7 Å². The van der Waals surface area contributed by atoms with Gasteiger partial charge in [-0.1, -0.05) is 19.1 Å². The zero-order valence-electron chi connectivity index (χ0n) is 21.9. The number of aryl methyl sites for hydroxylation is 1. The van der Waals surface area contributed by atoms with Crippen molar-refractivity contribution < 1.29 is 19.1 Å². The van der Waals surface area contributed by atoms with Crippen molar-refractivity contribution in [2.45, 2.75) is 52.5 Å². The number of allylic oxidation sites excluding steroid dienone is 1. The quantitative estimate of drug-likeness (QED) is 0.374. The number of likely N-dealkylation sites (N-methyl/N-ethyl adjacent to an activating group) is 1. The number of carbonyl (C=O) groups excluding carboxylic acids is 2. The van der Waals surface area contributed by atoms with Gasteiger partial charge in [0, 0.05) is 63.4 Å². The van der Waals surface area contributed by atoms with E-state index >= 15 is 0 Å². The highest BCUT2D eigenvalue weighted by molar-refractivity contribution is 7.80. The molecule has 0 aromatic heterocycles. The molecule has 2 aliphatic heterocycles. The van der Waals surface area contributed by atoms with Crippen molar-refractivity contribution in [3.05, 3.63) is 40.6 Å². The fourth-order valence-electron chi connectivity index (χ4n) is 4.50. The van der Waals surface area contributed by atoms with E-state index in [1.54, 1.807) is 4.90 Å². The van der Waals surface area contributed by atoms with E-state index in [1.807, 2.05) is 32.1 Å². The molecular formula is C27H40N4O4S. The molecule has 1 amide bonds. The first-order valence-corrected chi connectivity index (χ1v) is 13.4. The molecule has 0 saturated carbocycles. The first kappa shape index (κ1) is 27.9. The highest BCUT2D eigenvalue weighted by Gasteiger charge is 2.26. The standard InChI is InChI=1S/C27H40N4O4S/c1-4-18-35-27(33)31-12-10-23-24(20-31)21(7-6-17-32)8-9-25(23)34-19-11-22(5-2)28-26(36)30-15-13-29(3)14-16-30/h5,8-9,17H,4,6-7,10-16,18-20H2,1-3H3,(H,28,36)/b22-5+. The number of aldehydes is 1. The Labute approximate surface area is 220 Å². The van der Waals surface area contributed by atoms with E-state index in [1.165, 1.54) is 0 Å². The Balaban J connectivity index is 1.62. The Morgan fingerprint density at radius 2 is 1.89 bits per heavy atom. The fraction of sp³-hybridized carbons (Fsp3) is 0.593. The maximum absolute atomic E-state index is 12.5. The van der Waals surface area contributed by atoms with E-state index in [0.29, 0.717) is 52.0 Å². The number of nitrogens with zero attached hydrogens (tertiary/aromatic N) is 3. The molecule has 36 heavy (non-hydrogen) atoms. The minimum atomic E-state index is -0.282. The third kappa shape index (κ3) is 7.67. The highest BCUT2D eigenvalue weighted by Crippen LogP contribution is 2.32. The summed E-state index contributed by atoms with van der Waals surface area (Å²) in [6.07, 6.45) is 6.01. The van der Waals surface area contributed by atoms with Crippen molar-refractivity contribution in [3.63, 3.8) is 0 Å². The molecular weight excluding hydrogens is 476 g/mol. The van der Waals surface area contributed by atoms with Gasteiger partial charge in [0.15, 0.2) is 5.11 Å². The second-order valence-corrected chi connectivity index (χ2v) is 9.69. The lowest BCUT2D eigenvalue weighted by atomic mass is 9.92. The van der Waals surface area contributed by atoms with Crippen LogP contribution in [0, 0.1) is 0 Å². The largest absolute Gasteiger partial charge is 0.493 e. The minimum absolute atomic E-state index is 0.282. The number of carbonyl (C=O) groups is 2. The number of nitrogens with one attached hydrogen (secondary N) is 1. The molecule has 0 spiro atoms. The average Bonchev–Trinajstić information content (AvgIpc) is 2.90. The Morgan fingerprint density at radius 1 is 1.11 bits per heavy atom. The number of hydrogen-bond acceptors (Lipinski definition) is 6. The lowest BCUT2D eigenvalue weighted by molar-refractivity contribution is -0.107. The number of benzene rings is 1. The van der Waals surface area contributed by atoms with E-state index in [4.69, 9.17) is 21.7 Å². The first-order chi connectivity index (χ1) is 17.5. The minimum Gasteiger partial charge on any atom is -0.493 e. The molecule has 0 bridgehead atoms. The normalized spacial score (nSPS) is 16.4. The summed E-state index contributed by atoms with van der Waals surface area (Å²) < 4.78 is 11.6. The van der Waals surface area contributed by atoms with Crippen molar-refractivity contribution in [2.24, 2.45) is 0 Å². The summed E-state index contributed by atoms with van der Waals surface area (Å²) >= 11 is 5.63. The lowest BCUT2D eigenvalue weighted by Gasteiger charge is -2.34. The van der Waals surface area contributed by atoms with E-state index in [2.05, 4.69) is 22.2 Å². The Morgan fingerprint density at radius 3 is 2.58 bits per heavy atom. The summed E-state index contributed by atoms with van der Waals surface area (Å²) in [5, 5.41) is 4.16. The second kappa shape index (κ2) is 14.2. The summed E-state index contributed by atoms with van der Waals surface area (Å²) in [5.41, 5.74) is 4.33. The van der Waals surface area contributed by atoms with Gasteiger partial charge in [0.25, 0.3) is 0 Å². The van der Waals surface area contributed by atoms with Gasteiger partial charge in [-0.05, 0) is 62.6 Å². The SMILES string of the molecule is C/C=C(\CCOc1ccc(CCC=O)c2c1CCN(C(=O)OCCC)C2)NC(=S)N1CCN(C)CC1. The van der Waals surface area contributed by atoms with Crippen LogP contribution in [0.2, 0.25) is 0 Å². The Hall–Kier alpha value is -2.65. The smallest absolute Gasteiger partial charge is 0.410 e. The number of hydrogen-bond donors (Lipinski definition) is 1. The maximum Gasteiger partial charge on any atom is 0.410 e. The van der Waals surface area contributed by atoms with Gasteiger partial charge < -0.3 is 34.3 Å². The van der Waals surface area contributed by atoms with Crippen molar-refractivity contribution in [1.29, 1.82) is 0 Å². The molecule has 2 aliphatic rings. The molecule has 2 heterocycles. The molecule has 1 aromatic carbocycles. The predicted octanol–water partition coefficient (Wildman–Crippen LogP) is 3.52. The molecule has 1 saturated heterocycles. The molecule has 1 N–H and O–H groups in total. The van der Waals surface area contributed by atoms with Crippen LogP contribution in [-0.2, 0) is 28.9 Å².